The van der Waals surface area contributed by atoms with E-state index in [1.165, 1.54) is 5.56 Å². The fourth-order valence-corrected chi connectivity index (χ4v) is 3.13. The smallest absolute Gasteiger partial charge is 0.255 e. The molecule has 0 aliphatic carbocycles. The first kappa shape index (κ1) is 22.2. The molecule has 0 radical (unpaired) electrons. The van der Waals surface area contributed by atoms with E-state index >= 15 is 0 Å². The molecule has 31 heavy (non-hydrogen) atoms. The highest BCUT2D eigenvalue weighted by molar-refractivity contribution is 5.96. The maximum atomic E-state index is 12.8. The monoisotopic (exact) mass is 419 g/mol. The quantitative estimate of drug-likeness (QED) is 0.473. The van der Waals surface area contributed by atoms with Crippen LogP contribution in [0.5, 0.6) is 17.2 Å². The third-order valence-electron chi connectivity index (χ3n) is 4.77. The van der Waals surface area contributed by atoms with Crippen molar-refractivity contribution >= 4 is 5.91 Å². The van der Waals surface area contributed by atoms with E-state index in [2.05, 4.69) is 24.4 Å². The third-order valence-corrected chi connectivity index (χ3v) is 4.77. The number of ether oxygens (including phenoxy) is 3. The Balaban J connectivity index is 1.59. The van der Waals surface area contributed by atoms with Gasteiger partial charge in [0.05, 0.1) is 25.9 Å². The molecule has 1 N–H and O–H groups in total. The summed E-state index contributed by atoms with van der Waals surface area (Å²) >= 11 is 0. The first-order valence-electron chi connectivity index (χ1n) is 10.5. The highest BCUT2D eigenvalue weighted by Crippen LogP contribution is 2.28. The molecular weight excluding hydrogens is 390 g/mol. The van der Waals surface area contributed by atoms with E-state index in [-0.39, 0.29) is 5.91 Å². The third kappa shape index (κ3) is 6.51. The second-order valence-electron chi connectivity index (χ2n) is 7.10. The van der Waals surface area contributed by atoms with Crippen molar-refractivity contribution in [3.63, 3.8) is 0 Å². The zero-order valence-electron chi connectivity index (χ0n) is 18.1. The van der Waals surface area contributed by atoms with Crippen LogP contribution in [0.2, 0.25) is 0 Å². The summed E-state index contributed by atoms with van der Waals surface area (Å²) in [5, 5.41) is 2.96. The van der Waals surface area contributed by atoms with E-state index in [0.29, 0.717) is 42.6 Å². The summed E-state index contributed by atoms with van der Waals surface area (Å²) in [4.78, 5) is 12.8. The molecule has 0 aromatic heterocycles. The summed E-state index contributed by atoms with van der Waals surface area (Å²) in [6.45, 7) is 3.57. The van der Waals surface area contributed by atoms with E-state index in [0.717, 1.165) is 18.4 Å². The number of benzene rings is 3. The Morgan fingerprint density at radius 2 is 1.55 bits per heavy atom. The van der Waals surface area contributed by atoms with Crippen molar-refractivity contribution in [1.29, 1.82) is 0 Å². The molecule has 0 saturated heterocycles. The lowest BCUT2D eigenvalue weighted by Gasteiger charge is -2.13. The Morgan fingerprint density at radius 3 is 2.32 bits per heavy atom. The molecule has 5 nitrogen and oxygen atoms in total. The molecule has 1 amide bonds. The standard InChI is InChI=1S/C26H29NO4/c1-3-16-30-24-14-13-21(18-25(24)29-2)19-27-26(28)22-11-7-8-12-23(22)31-17-15-20-9-5-4-6-10-20/h4-14,18H,3,15-17,19H2,1-2H3,(H,27,28). The predicted molar refractivity (Wildman–Crippen MR) is 122 cm³/mol. The lowest BCUT2D eigenvalue weighted by Crippen LogP contribution is -2.23. The Morgan fingerprint density at radius 1 is 0.806 bits per heavy atom. The lowest BCUT2D eigenvalue weighted by atomic mass is 10.1. The Labute approximate surface area is 184 Å². The van der Waals surface area contributed by atoms with Crippen LogP contribution in [-0.4, -0.2) is 26.2 Å². The largest absolute Gasteiger partial charge is 0.493 e. The number of hydrogen-bond acceptors (Lipinski definition) is 4. The number of nitrogens with one attached hydrogen (secondary N) is 1. The van der Waals surface area contributed by atoms with Gasteiger partial charge in [-0.05, 0) is 41.8 Å². The summed E-state index contributed by atoms with van der Waals surface area (Å²) in [6, 6.07) is 23.1. The van der Waals surface area contributed by atoms with E-state index in [4.69, 9.17) is 14.2 Å². The Bertz CT molecular complexity index is 972. The number of carbonyl (C=O) groups excluding carboxylic acids is 1. The second-order valence-corrected chi connectivity index (χ2v) is 7.10. The Hall–Kier alpha value is -3.47. The molecular formula is C26H29NO4. The lowest BCUT2D eigenvalue weighted by molar-refractivity contribution is 0.0947. The predicted octanol–water partition coefficient (Wildman–Crippen LogP) is 5.04. The first-order valence-corrected chi connectivity index (χ1v) is 10.5. The van der Waals surface area contributed by atoms with Gasteiger partial charge in [-0.15, -0.1) is 0 Å². The van der Waals surface area contributed by atoms with Crippen LogP contribution < -0.4 is 19.5 Å². The minimum atomic E-state index is -0.180. The van der Waals surface area contributed by atoms with Gasteiger partial charge in [-0.3, -0.25) is 4.79 Å². The highest BCUT2D eigenvalue weighted by Gasteiger charge is 2.13. The van der Waals surface area contributed by atoms with Crippen LogP contribution in [-0.2, 0) is 13.0 Å². The van der Waals surface area contributed by atoms with Gasteiger partial charge in [0.25, 0.3) is 5.91 Å². The average Bonchev–Trinajstić information content (AvgIpc) is 2.82. The van der Waals surface area contributed by atoms with Crippen molar-refractivity contribution in [2.24, 2.45) is 0 Å². The van der Waals surface area contributed by atoms with Gasteiger partial charge in [0.1, 0.15) is 5.75 Å². The fraction of sp³-hybridized carbons (Fsp3) is 0.269. The van der Waals surface area contributed by atoms with Gasteiger partial charge < -0.3 is 19.5 Å². The summed E-state index contributed by atoms with van der Waals surface area (Å²) in [5.41, 5.74) is 2.65. The zero-order chi connectivity index (χ0) is 21.9. The molecule has 0 saturated carbocycles. The van der Waals surface area contributed by atoms with Crippen molar-refractivity contribution in [3.05, 3.63) is 89.5 Å². The van der Waals surface area contributed by atoms with Gasteiger partial charge in [-0.25, -0.2) is 0 Å². The van der Waals surface area contributed by atoms with Gasteiger partial charge in [-0.1, -0.05) is 55.5 Å². The molecule has 3 aromatic rings. The number of amides is 1. The zero-order valence-corrected chi connectivity index (χ0v) is 18.1. The van der Waals surface area contributed by atoms with Gasteiger partial charge in [-0.2, -0.15) is 0 Å². The van der Waals surface area contributed by atoms with Crippen molar-refractivity contribution in [3.8, 4) is 17.2 Å². The molecule has 0 spiro atoms. The van der Waals surface area contributed by atoms with E-state index < -0.39 is 0 Å². The maximum absolute atomic E-state index is 12.8. The van der Waals surface area contributed by atoms with Crippen LogP contribution in [0.25, 0.3) is 0 Å². The SMILES string of the molecule is CCCOc1ccc(CNC(=O)c2ccccc2OCCc2ccccc2)cc1OC. The number of carbonyl (C=O) groups is 1. The van der Waals surface area contributed by atoms with E-state index in [1.807, 2.05) is 54.6 Å². The van der Waals surface area contributed by atoms with E-state index in [1.54, 1.807) is 13.2 Å². The van der Waals surface area contributed by atoms with Crippen LogP contribution >= 0.6 is 0 Å². The van der Waals surface area contributed by atoms with Gasteiger partial charge in [0.2, 0.25) is 0 Å². The van der Waals surface area contributed by atoms with Crippen molar-refractivity contribution in [2.45, 2.75) is 26.3 Å². The molecule has 5 heteroatoms. The molecule has 0 unspecified atom stereocenters. The highest BCUT2D eigenvalue weighted by atomic mass is 16.5. The number of rotatable bonds is 11. The molecule has 0 aliphatic rings. The maximum Gasteiger partial charge on any atom is 0.255 e. The Kier molecular flexibility index (Phi) is 8.35. The fourth-order valence-electron chi connectivity index (χ4n) is 3.13. The minimum absolute atomic E-state index is 0.180. The first-order chi connectivity index (χ1) is 15.2. The van der Waals surface area contributed by atoms with Crippen molar-refractivity contribution in [1.82, 2.24) is 5.32 Å². The molecule has 3 rings (SSSR count). The summed E-state index contributed by atoms with van der Waals surface area (Å²) in [7, 11) is 1.61. The van der Waals surface area contributed by atoms with Gasteiger partial charge in [0.15, 0.2) is 11.5 Å². The van der Waals surface area contributed by atoms with Crippen LogP contribution in [0, 0.1) is 0 Å². The number of methoxy groups -OCH3 is 1. The topological polar surface area (TPSA) is 56.8 Å². The van der Waals surface area contributed by atoms with Crippen molar-refractivity contribution < 1.29 is 19.0 Å². The number of hydrogen-bond donors (Lipinski definition) is 1. The molecule has 3 aromatic carbocycles. The molecule has 0 heterocycles. The summed E-state index contributed by atoms with van der Waals surface area (Å²) in [6.07, 6.45) is 1.71. The van der Waals surface area contributed by atoms with Crippen molar-refractivity contribution in [2.75, 3.05) is 20.3 Å². The summed E-state index contributed by atoms with van der Waals surface area (Å²) < 4.78 is 17.0. The van der Waals surface area contributed by atoms with E-state index in [9.17, 15) is 4.79 Å². The molecule has 0 atom stereocenters. The van der Waals surface area contributed by atoms with Crippen LogP contribution in [0.15, 0.2) is 72.8 Å². The molecule has 0 aliphatic heterocycles. The molecule has 0 bridgehead atoms. The number of para-hydroxylation sites is 1. The van der Waals surface area contributed by atoms with Crippen LogP contribution in [0.3, 0.4) is 0 Å². The molecule has 0 fully saturated rings. The van der Waals surface area contributed by atoms with Crippen LogP contribution in [0.4, 0.5) is 0 Å². The summed E-state index contributed by atoms with van der Waals surface area (Å²) in [5.74, 6) is 1.76. The molecule has 162 valence electrons. The average molecular weight is 420 g/mol. The van der Waals surface area contributed by atoms with Crippen LogP contribution in [0.1, 0.15) is 34.8 Å². The van der Waals surface area contributed by atoms with Gasteiger partial charge >= 0.3 is 0 Å². The normalized spacial score (nSPS) is 10.4. The van der Waals surface area contributed by atoms with Gasteiger partial charge in [0, 0.05) is 13.0 Å². The second kappa shape index (κ2) is 11.6. The minimum Gasteiger partial charge on any atom is -0.493 e.